The number of anilines is 3. The standard InChI is InChI=1S/C28H30F2N6O2/c1-16-26(22-13-31-25(35-8-6-19(37)15-35)11-24(22)34(3)28(16)38)36-7-4-5-17-9-20(18-12-32-33(2)14-18)21(27(29)30)10-23(17)36/h9-14,19,27,37H,4-8,15H2,1-3H3. The van der Waals surface area contributed by atoms with Crippen molar-refractivity contribution >= 4 is 28.1 Å². The van der Waals surface area contributed by atoms with Crippen molar-refractivity contribution in [3.05, 3.63) is 63.8 Å². The summed E-state index contributed by atoms with van der Waals surface area (Å²) in [6, 6.07) is 5.32. The van der Waals surface area contributed by atoms with E-state index in [-0.39, 0.29) is 11.1 Å². The lowest BCUT2D eigenvalue weighted by molar-refractivity contribution is 0.152. The molecule has 38 heavy (non-hydrogen) atoms. The highest BCUT2D eigenvalue weighted by molar-refractivity contribution is 5.97. The molecule has 1 unspecified atom stereocenters. The first kappa shape index (κ1) is 24.5. The number of halogens is 2. The zero-order chi connectivity index (χ0) is 26.7. The number of β-amino-alcohol motifs (C(OH)–C–C–N with tert-alkyl or cyclic N) is 1. The van der Waals surface area contributed by atoms with Crippen molar-refractivity contribution in [1.29, 1.82) is 0 Å². The SMILES string of the molecule is Cc1c(N2CCCc3cc(-c4cnn(C)c4)c(C(F)F)cc32)c2cnc(N3CCC(O)C3)cc2n(C)c1=O. The molecule has 1 atom stereocenters. The van der Waals surface area contributed by atoms with Crippen LogP contribution in [0.15, 0.2) is 41.6 Å². The molecule has 0 bridgehead atoms. The molecule has 10 heteroatoms. The molecule has 3 aromatic heterocycles. The van der Waals surface area contributed by atoms with Crippen molar-refractivity contribution in [2.24, 2.45) is 14.1 Å². The average Bonchev–Trinajstić information content (AvgIpc) is 3.54. The molecule has 1 saturated heterocycles. The molecule has 0 amide bonds. The zero-order valence-electron chi connectivity index (χ0n) is 21.7. The van der Waals surface area contributed by atoms with E-state index in [1.54, 1.807) is 54.9 Å². The Morgan fingerprint density at radius 3 is 2.63 bits per heavy atom. The summed E-state index contributed by atoms with van der Waals surface area (Å²) in [5.74, 6) is 0.707. The maximum atomic E-state index is 14.4. The molecule has 1 N–H and O–H groups in total. The Labute approximate surface area is 218 Å². The minimum atomic E-state index is -2.67. The number of hydrogen-bond acceptors (Lipinski definition) is 6. The van der Waals surface area contributed by atoms with Gasteiger partial charge >= 0.3 is 0 Å². The number of alkyl halides is 2. The molecule has 5 heterocycles. The molecular weight excluding hydrogens is 490 g/mol. The van der Waals surface area contributed by atoms with Crippen LogP contribution in [0.1, 0.15) is 36.0 Å². The number of aliphatic hydroxyl groups excluding tert-OH is 1. The minimum absolute atomic E-state index is 0.0533. The second-order valence-electron chi connectivity index (χ2n) is 10.3. The van der Waals surface area contributed by atoms with E-state index in [0.29, 0.717) is 59.9 Å². The van der Waals surface area contributed by atoms with E-state index >= 15 is 0 Å². The van der Waals surface area contributed by atoms with Gasteiger partial charge in [0.1, 0.15) is 5.82 Å². The van der Waals surface area contributed by atoms with Crippen LogP contribution in [0.3, 0.4) is 0 Å². The Morgan fingerprint density at radius 1 is 1.13 bits per heavy atom. The molecule has 1 aromatic carbocycles. The molecule has 0 spiro atoms. The van der Waals surface area contributed by atoms with Gasteiger partial charge in [0.15, 0.2) is 0 Å². The Morgan fingerprint density at radius 2 is 1.95 bits per heavy atom. The summed E-state index contributed by atoms with van der Waals surface area (Å²) in [5.41, 5.74) is 4.58. The third kappa shape index (κ3) is 3.94. The van der Waals surface area contributed by atoms with E-state index in [0.717, 1.165) is 29.3 Å². The van der Waals surface area contributed by atoms with E-state index < -0.39 is 12.5 Å². The Balaban J connectivity index is 1.53. The van der Waals surface area contributed by atoms with Crippen molar-refractivity contribution < 1.29 is 13.9 Å². The third-order valence-corrected chi connectivity index (χ3v) is 7.84. The lowest BCUT2D eigenvalue weighted by Gasteiger charge is -2.34. The molecule has 1 fully saturated rings. The molecule has 6 rings (SSSR count). The summed E-state index contributed by atoms with van der Waals surface area (Å²) < 4.78 is 31.9. The van der Waals surface area contributed by atoms with Crippen LogP contribution in [0.4, 0.5) is 26.0 Å². The lowest BCUT2D eigenvalue weighted by atomic mass is 9.92. The number of hydrogen-bond donors (Lipinski definition) is 1. The average molecular weight is 521 g/mol. The van der Waals surface area contributed by atoms with E-state index in [4.69, 9.17) is 4.98 Å². The van der Waals surface area contributed by atoms with E-state index in [2.05, 4.69) is 5.10 Å². The number of benzene rings is 1. The van der Waals surface area contributed by atoms with Crippen LogP contribution >= 0.6 is 0 Å². The van der Waals surface area contributed by atoms with Gasteiger partial charge in [-0.1, -0.05) is 0 Å². The highest BCUT2D eigenvalue weighted by atomic mass is 19.3. The van der Waals surface area contributed by atoms with E-state index in [1.165, 1.54) is 0 Å². The minimum Gasteiger partial charge on any atom is -0.391 e. The predicted molar refractivity (Wildman–Crippen MR) is 143 cm³/mol. The van der Waals surface area contributed by atoms with E-state index in [1.807, 2.05) is 21.9 Å². The van der Waals surface area contributed by atoms with Gasteiger partial charge in [-0.3, -0.25) is 9.48 Å². The second-order valence-corrected chi connectivity index (χ2v) is 10.3. The number of rotatable bonds is 4. The van der Waals surface area contributed by atoms with Crippen LogP contribution in [0.5, 0.6) is 0 Å². The van der Waals surface area contributed by atoms with Gasteiger partial charge in [-0.15, -0.1) is 0 Å². The molecule has 0 saturated carbocycles. The number of nitrogens with zero attached hydrogens (tertiary/aromatic N) is 6. The van der Waals surface area contributed by atoms with Gasteiger partial charge in [0.25, 0.3) is 12.0 Å². The molecule has 0 aliphatic carbocycles. The van der Waals surface area contributed by atoms with Gasteiger partial charge in [-0.25, -0.2) is 13.8 Å². The third-order valence-electron chi connectivity index (χ3n) is 7.84. The van der Waals surface area contributed by atoms with Crippen LogP contribution < -0.4 is 15.4 Å². The number of aliphatic hydroxyl groups is 1. The molecule has 198 valence electrons. The highest BCUT2D eigenvalue weighted by Crippen LogP contribution is 2.43. The normalized spacial score (nSPS) is 17.6. The quantitative estimate of drug-likeness (QED) is 0.434. The van der Waals surface area contributed by atoms with Crippen LogP contribution in [0.2, 0.25) is 0 Å². The first-order valence-corrected chi connectivity index (χ1v) is 12.9. The number of pyridine rings is 2. The fraction of sp³-hybridized carbons (Fsp3) is 0.393. The molecule has 8 nitrogen and oxygen atoms in total. The van der Waals surface area contributed by atoms with Crippen molar-refractivity contribution in [3.8, 4) is 11.1 Å². The number of aromatic nitrogens is 4. The van der Waals surface area contributed by atoms with Gasteiger partial charge < -0.3 is 19.5 Å². The number of aryl methyl sites for hydroxylation is 3. The fourth-order valence-corrected chi connectivity index (χ4v) is 5.90. The second kappa shape index (κ2) is 9.20. The summed E-state index contributed by atoms with van der Waals surface area (Å²) in [6.45, 7) is 3.58. The Bertz CT molecular complexity index is 1610. The van der Waals surface area contributed by atoms with E-state index in [9.17, 15) is 18.7 Å². The largest absolute Gasteiger partial charge is 0.391 e. The first-order chi connectivity index (χ1) is 18.2. The number of fused-ring (bicyclic) bond motifs is 2. The van der Waals surface area contributed by atoms with Gasteiger partial charge in [0.05, 0.1) is 23.5 Å². The monoisotopic (exact) mass is 520 g/mol. The van der Waals surface area contributed by atoms with Gasteiger partial charge in [0, 0.05) is 80.0 Å². The predicted octanol–water partition coefficient (Wildman–Crippen LogP) is 4.24. The maximum Gasteiger partial charge on any atom is 0.264 e. The molecule has 0 radical (unpaired) electrons. The first-order valence-electron chi connectivity index (χ1n) is 12.9. The van der Waals surface area contributed by atoms with Crippen LogP contribution in [-0.2, 0) is 20.5 Å². The van der Waals surface area contributed by atoms with Crippen LogP contribution in [-0.4, -0.2) is 50.2 Å². The maximum absolute atomic E-state index is 14.4. The Hall–Kier alpha value is -3.79. The zero-order valence-corrected chi connectivity index (χ0v) is 21.7. The van der Waals surface area contributed by atoms with Crippen molar-refractivity contribution in [3.63, 3.8) is 0 Å². The van der Waals surface area contributed by atoms with Gasteiger partial charge in [-0.05, 0) is 49.4 Å². The summed E-state index contributed by atoms with van der Waals surface area (Å²) >= 11 is 0. The summed E-state index contributed by atoms with van der Waals surface area (Å²) in [4.78, 5) is 22.1. The topological polar surface area (TPSA) is 79.4 Å². The van der Waals surface area contributed by atoms with Crippen molar-refractivity contribution in [1.82, 2.24) is 19.3 Å². The van der Waals surface area contributed by atoms with Crippen molar-refractivity contribution in [2.75, 3.05) is 29.4 Å². The smallest absolute Gasteiger partial charge is 0.264 e. The molecular formula is C28H30F2N6O2. The van der Waals surface area contributed by atoms with Crippen LogP contribution in [0.25, 0.3) is 22.0 Å². The summed E-state index contributed by atoms with van der Waals surface area (Å²) in [5, 5.41) is 14.9. The molecule has 2 aliphatic heterocycles. The fourth-order valence-electron chi connectivity index (χ4n) is 5.90. The lowest BCUT2D eigenvalue weighted by Crippen LogP contribution is -2.30. The Kier molecular flexibility index (Phi) is 5.94. The summed E-state index contributed by atoms with van der Waals surface area (Å²) in [6.07, 6.45) is 4.31. The van der Waals surface area contributed by atoms with Crippen molar-refractivity contribution in [2.45, 2.75) is 38.7 Å². The van der Waals surface area contributed by atoms with Gasteiger partial charge in [0.2, 0.25) is 0 Å². The summed E-state index contributed by atoms with van der Waals surface area (Å²) in [7, 11) is 3.50. The van der Waals surface area contributed by atoms with Gasteiger partial charge in [-0.2, -0.15) is 5.10 Å². The highest BCUT2D eigenvalue weighted by Gasteiger charge is 2.28. The van der Waals surface area contributed by atoms with Crippen LogP contribution in [0, 0.1) is 6.92 Å². The molecule has 2 aliphatic rings. The molecule has 4 aromatic rings.